The van der Waals surface area contributed by atoms with Crippen LogP contribution in [0.5, 0.6) is 0 Å². The van der Waals surface area contributed by atoms with Crippen molar-refractivity contribution in [2.24, 2.45) is 0 Å². The van der Waals surface area contributed by atoms with Crippen LogP contribution in [0.15, 0.2) is 17.2 Å². The van der Waals surface area contributed by atoms with Crippen LogP contribution in [0, 0.1) is 0 Å². The van der Waals surface area contributed by atoms with Gasteiger partial charge < -0.3 is 0 Å². The molecule has 1 aromatic heterocycles. The third-order valence-corrected chi connectivity index (χ3v) is 3.52. The first-order chi connectivity index (χ1) is 5.29. The van der Waals surface area contributed by atoms with Crippen LogP contribution < -0.4 is 0 Å². The van der Waals surface area contributed by atoms with Crippen LogP contribution in [0.4, 0.5) is 0 Å². The number of hydrogen-bond donors (Lipinski definition) is 0. The van der Waals surface area contributed by atoms with Crippen molar-refractivity contribution in [2.75, 3.05) is 5.75 Å². The average molecular weight is 188 g/mol. The normalized spacial score (nSPS) is 21.7. The fourth-order valence-electron chi connectivity index (χ4n) is 1.19. The van der Waals surface area contributed by atoms with Gasteiger partial charge in [0.1, 0.15) is 5.15 Å². The molecule has 2 nitrogen and oxygen atoms in total. The molecule has 2 heterocycles. The Morgan fingerprint density at radius 1 is 1.64 bits per heavy atom. The van der Waals surface area contributed by atoms with Crippen LogP contribution in [0.25, 0.3) is 0 Å². The van der Waals surface area contributed by atoms with Gasteiger partial charge in [0.15, 0.2) is 0 Å². The van der Waals surface area contributed by atoms with Crippen molar-refractivity contribution in [2.45, 2.75) is 11.3 Å². The van der Waals surface area contributed by atoms with Gasteiger partial charge in [-0.2, -0.15) is 0 Å². The zero-order chi connectivity index (χ0) is 7.84. The number of hydrogen-bond acceptors (Lipinski definition) is 2. The SMILES string of the molecule is O=S1CCc2c1ccnc2Cl. The Labute approximate surface area is 72.1 Å². The average Bonchev–Trinajstić information content (AvgIpc) is 2.35. The van der Waals surface area contributed by atoms with E-state index in [2.05, 4.69) is 4.98 Å². The summed E-state index contributed by atoms with van der Waals surface area (Å²) in [6, 6.07) is 1.78. The lowest BCUT2D eigenvalue weighted by Gasteiger charge is -1.96. The van der Waals surface area contributed by atoms with E-state index in [1.165, 1.54) is 0 Å². The number of aromatic nitrogens is 1. The summed E-state index contributed by atoms with van der Waals surface area (Å²) in [7, 11) is -0.832. The first-order valence-corrected chi connectivity index (χ1v) is 5.00. The fourth-order valence-corrected chi connectivity index (χ4v) is 2.80. The highest BCUT2D eigenvalue weighted by molar-refractivity contribution is 7.85. The quantitative estimate of drug-likeness (QED) is 0.575. The van der Waals surface area contributed by atoms with E-state index in [0.29, 0.717) is 10.9 Å². The smallest absolute Gasteiger partial charge is 0.133 e. The maximum atomic E-state index is 11.2. The standard InChI is InChI=1S/C7H6ClNOS/c8-7-5-2-4-11(10)6(5)1-3-9-7/h1,3H,2,4H2. The van der Waals surface area contributed by atoms with E-state index in [9.17, 15) is 4.21 Å². The van der Waals surface area contributed by atoms with E-state index in [4.69, 9.17) is 11.6 Å². The highest BCUT2D eigenvalue weighted by Gasteiger charge is 2.20. The van der Waals surface area contributed by atoms with Gasteiger partial charge in [-0.3, -0.25) is 4.21 Å². The molecule has 1 aromatic rings. The van der Waals surface area contributed by atoms with Crippen molar-refractivity contribution in [3.63, 3.8) is 0 Å². The van der Waals surface area contributed by atoms with Crippen molar-refractivity contribution in [3.05, 3.63) is 23.0 Å². The number of fused-ring (bicyclic) bond motifs is 1. The minimum atomic E-state index is -0.832. The van der Waals surface area contributed by atoms with E-state index in [-0.39, 0.29) is 0 Å². The molecule has 0 aliphatic carbocycles. The molecule has 0 bridgehead atoms. The number of halogens is 1. The van der Waals surface area contributed by atoms with Gasteiger partial charge in [0.2, 0.25) is 0 Å². The third kappa shape index (κ3) is 1.08. The van der Waals surface area contributed by atoms with Crippen LogP contribution in [0.3, 0.4) is 0 Å². The molecular formula is C7H6ClNOS. The summed E-state index contributed by atoms with van der Waals surface area (Å²) in [5, 5.41) is 0.508. The highest BCUT2D eigenvalue weighted by atomic mass is 35.5. The summed E-state index contributed by atoms with van der Waals surface area (Å²) in [5.74, 6) is 0.695. The molecule has 0 N–H and O–H groups in total. The van der Waals surface area contributed by atoms with Gasteiger partial charge >= 0.3 is 0 Å². The summed E-state index contributed by atoms with van der Waals surface area (Å²) in [6.45, 7) is 0. The van der Waals surface area contributed by atoms with Crippen molar-refractivity contribution in [3.8, 4) is 0 Å². The molecular weight excluding hydrogens is 182 g/mol. The molecule has 1 atom stereocenters. The Morgan fingerprint density at radius 2 is 2.45 bits per heavy atom. The lowest BCUT2D eigenvalue weighted by atomic mass is 10.2. The van der Waals surface area contributed by atoms with Gasteiger partial charge in [-0.05, 0) is 12.5 Å². The largest absolute Gasteiger partial charge is 0.254 e. The molecule has 0 saturated carbocycles. The van der Waals surface area contributed by atoms with Crippen molar-refractivity contribution in [1.29, 1.82) is 0 Å². The Balaban J connectivity index is 2.66. The van der Waals surface area contributed by atoms with Crippen molar-refractivity contribution >= 4 is 22.4 Å². The van der Waals surface area contributed by atoms with E-state index >= 15 is 0 Å². The summed E-state index contributed by atoms with van der Waals surface area (Å²) in [6.07, 6.45) is 2.40. The third-order valence-electron chi connectivity index (χ3n) is 1.74. The molecule has 58 valence electrons. The minimum Gasteiger partial charge on any atom is -0.254 e. The van der Waals surface area contributed by atoms with E-state index in [1.807, 2.05) is 0 Å². The molecule has 0 fully saturated rings. The van der Waals surface area contributed by atoms with E-state index in [1.54, 1.807) is 12.3 Å². The Bertz CT molecular complexity index is 326. The van der Waals surface area contributed by atoms with Gasteiger partial charge in [-0.15, -0.1) is 0 Å². The second-order valence-corrected chi connectivity index (χ2v) is 4.28. The first-order valence-electron chi connectivity index (χ1n) is 3.31. The van der Waals surface area contributed by atoms with Gasteiger partial charge in [0, 0.05) is 22.4 Å². The molecule has 0 spiro atoms. The molecule has 2 rings (SSSR count). The molecule has 4 heteroatoms. The lowest BCUT2D eigenvalue weighted by molar-refractivity contribution is 0.685. The molecule has 1 unspecified atom stereocenters. The Kier molecular flexibility index (Phi) is 1.69. The van der Waals surface area contributed by atoms with E-state index < -0.39 is 10.8 Å². The summed E-state index contributed by atoms with van der Waals surface area (Å²) in [4.78, 5) is 4.78. The van der Waals surface area contributed by atoms with Crippen LogP contribution in [0.1, 0.15) is 5.56 Å². The van der Waals surface area contributed by atoms with Gasteiger partial charge in [-0.25, -0.2) is 4.98 Å². The van der Waals surface area contributed by atoms with Crippen molar-refractivity contribution in [1.82, 2.24) is 4.98 Å². The maximum absolute atomic E-state index is 11.2. The zero-order valence-electron chi connectivity index (χ0n) is 5.71. The minimum absolute atomic E-state index is 0.508. The highest BCUT2D eigenvalue weighted by Crippen LogP contribution is 2.26. The van der Waals surface area contributed by atoms with Crippen LogP contribution in [-0.4, -0.2) is 14.9 Å². The van der Waals surface area contributed by atoms with Gasteiger partial charge in [-0.1, -0.05) is 11.6 Å². The predicted molar refractivity (Wildman–Crippen MR) is 44.2 cm³/mol. The van der Waals surface area contributed by atoms with Crippen LogP contribution in [-0.2, 0) is 17.2 Å². The summed E-state index contributed by atoms with van der Waals surface area (Å²) < 4.78 is 11.2. The second-order valence-electron chi connectivity index (χ2n) is 2.38. The fraction of sp³-hybridized carbons (Fsp3) is 0.286. The maximum Gasteiger partial charge on any atom is 0.133 e. The molecule has 0 aromatic carbocycles. The molecule has 1 aliphatic heterocycles. The lowest BCUT2D eigenvalue weighted by Crippen LogP contribution is -1.87. The zero-order valence-corrected chi connectivity index (χ0v) is 7.28. The van der Waals surface area contributed by atoms with Crippen molar-refractivity contribution < 1.29 is 4.21 Å². The summed E-state index contributed by atoms with van der Waals surface area (Å²) in [5.41, 5.74) is 0.965. The molecule has 11 heavy (non-hydrogen) atoms. The first kappa shape index (κ1) is 7.25. The molecule has 0 radical (unpaired) electrons. The molecule has 0 amide bonds. The predicted octanol–water partition coefficient (Wildman–Crippen LogP) is 1.40. The van der Waals surface area contributed by atoms with Crippen LogP contribution in [0.2, 0.25) is 5.15 Å². The monoisotopic (exact) mass is 187 g/mol. The Morgan fingerprint density at radius 3 is 3.18 bits per heavy atom. The molecule has 1 aliphatic rings. The summed E-state index contributed by atoms with van der Waals surface area (Å²) >= 11 is 5.79. The Hall–Kier alpha value is -0.410. The van der Waals surface area contributed by atoms with Gasteiger partial charge in [0.25, 0.3) is 0 Å². The van der Waals surface area contributed by atoms with Gasteiger partial charge in [0.05, 0.1) is 10.8 Å². The number of pyridine rings is 1. The van der Waals surface area contributed by atoms with Crippen LogP contribution >= 0.6 is 11.6 Å². The van der Waals surface area contributed by atoms with E-state index in [0.717, 1.165) is 16.9 Å². The second kappa shape index (κ2) is 2.57. The molecule has 0 saturated heterocycles. The number of rotatable bonds is 0. The number of nitrogens with zero attached hydrogens (tertiary/aromatic N) is 1. The topological polar surface area (TPSA) is 30.0 Å².